The van der Waals surface area contributed by atoms with Crippen molar-refractivity contribution in [1.82, 2.24) is 9.88 Å². The molecular weight excluding hydrogens is 464 g/mol. The fourth-order valence-electron chi connectivity index (χ4n) is 4.12. The molecule has 1 aliphatic rings. The van der Waals surface area contributed by atoms with E-state index in [0.29, 0.717) is 30.1 Å². The molecule has 9 heteroatoms. The number of para-hydroxylation sites is 1. The van der Waals surface area contributed by atoms with Gasteiger partial charge in [0.05, 0.1) is 19.2 Å². The molecule has 0 spiro atoms. The average molecular weight is 491 g/mol. The maximum atomic E-state index is 12.8. The molecule has 1 aromatic carbocycles. The smallest absolute Gasteiger partial charge is 0.410 e. The molecule has 1 aliphatic heterocycles. The van der Waals surface area contributed by atoms with E-state index in [-0.39, 0.29) is 24.9 Å². The zero-order valence-corrected chi connectivity index (χ0v) is 20.4. The quantitative estimate of drug-likeness (QED) is 0.508. The summed E-state index contributed by atoms with van der Waals surface area (Å²) in [5, 5.41) is 13.2. The second-order valence-corrected chi connectivity index (χ2v) is 9.41. The molecule has 35 heavy (non-hydrogen) atoms. The van der Waals surface area contributed by atoms with Gasteiger partial charge in [0, 0.05) is 35.8 Å². The second-order valence-electron chi connectivity index (χ2n) is 8.30. The first-order chi connectivity index (χ1) is 17.0. The number of hydrogen-bond acceptors (Lipinski definition) is 7. The maximum absolute atomic E-state index is 12.8. The van der Waals surface area contributed by atoms with Gasteiger partial charge < -0.3 is 19.7 Å². The van der Waals surface area contributed by atoms with Gasteiger partial charge >= 0.3 is 6.09 Å². The Labute approximate surface area is 208 Å². The molecule has 1 unspecified atom stereocenters. The van der Waals surface area contributed by atoms with E-state index in [4.69, 9.17) is 9.47 Å². The van der Waals surface area contributed by atoms with Crippen LogP contribution in [-0.4, -0.2) is 35.5 Å². The molecule has 1 atom stereocenters. The Hall–Kier alpha value is -3.90. The van der Waals surface area contributed by atoms with Crippen LogP contribution in [0.2, 0.25) is 0 Å². The number of aromatic nitrogens is 1. The minimum absolute atomic E-state index is 0.0589. The van der Waals surface area contributed by atoms with Crippen LogP contribution in [0.4, 0.5) is 9.80 Å². The number of carbonyl (C=O) groups excluding carboxylic acids is 2. The molecule has 4 rings (SSSR count). The van der Waals surface area contributed by atoms with Crippen molar-refractivity contribution < 1.29 is 19.1 Å². The number of fused-ring (bicyclic) bond motifs is 1. The fourth-order valence-corrected chi connectivity index (χ4v) is 5.35. The van der Waals surface area contributed by atoms with E-state index in [9.17, 15) is 14.9 Å². The Bertz CT molecular complexity index is 1250. The van der Waals surface area contributed by atoms with Gasteiger partial charge in [0.15, 0.2) is 0 Å². The summed E-state index contributed by atoms with van der Waals surface area (Å²) < 4.78 is 10.8. The number of nitrogens with zero attached hydrogens (tertiary/aromatic N) is 3. The van der Waals surface area contributed by atoms with Crippen molar-refractivity contribution in [2.75, 3.05) is 19.0 Å². The molecule has 3 aromatic rings. The number of hydrogen-bond donors (Lipinski definition) is 1. The lowest BCUT2D eigenvalue weighted by Gasteiger charge is -2.26. The van der Waals surface area contributed by atoms with Gasteiger partial charge in [0.1, 0.15) is 23.4 Å². The van der Waals surface area contributed by atoms with Crippen molar-refractivity contribution in [2.24, 2.45) is 0 Å². The highest BCUT2D eigenvalue weighted by molar-refractivity contribution is 7.16. The van der Waals surface area contributed by atoms with Gasteiger partial charge in [0.25, 0.3) is 0 Å². The predicted molar refractivity (Wildman–Crippen MR) is 132 cm³/mol. The first-order valence-corrected chi connectivity index (χ1v) is 12.1. The normalized spacial score (nSPS) is 13.3. The Kier molecular flexibility index (Phi) is 7.63. The van der Waals surface area contributed by atoms with E-state index >= 15 is 0 Å². The van der Waals surface area contributed by atoms with Crippen LogP contribution in [0.1, 0.15) is 46.4 Å². The fraction of sp³-hybridized carbons (Fsp3) is 0.308. The van der Waals surface area contributed by atoms with Crippen LogP contribution in [0.25, 0.3) is 0 Å². The summed E-state index contributed by atoms with van der Waals surface area (Å²) in [7, 11) is 1.61. The number of ether oxygens (including phenoxy) is 2. The number of thiophene rings is 1. The van der Waals surface area contributed by atoms with Crippen molar-refractivity contribution >= 4 is 28.3 Å². The monoisotopic (exact) mass is 490 g/mol. The van der Waals surface area contributed by atoms with Crippen LogP contribution in [0.5, 0.6) is 5.75 Å². The highest BCUT2D eigenvalue weighted by atomic mass is 32.1. The van der Waals surface area contributed by atoms with Crippen LogP contribution >= 0.6 is 11.3 Å². The number of nitriles is 1. The standard InChI is InChI=1S/C26H26N4O4S/c1-17(19-7-3-4-8-22(19)33-2)12-24(31)29-25-21(13-27)20-9-11-30(15-23(20)35-25)26(32)34-16-18-6-5-10-28-14-18/h3-8,10,14,17H,9,11-12,15-16H2,1-2H3,(H,29,31). The van der Waals surface area contributed by atoms with E-state index in [1.807, 2.05) is 37.3 Å². The van der Waals surface area contributed by atoms with Crippen LogP contribution in [-0.2, 0) is 29.1 Å². The lowest BCUT2D eigenvalue weighted by molar-refractivity contribution is -0.116. The molecule has 8 nitrogen and oxygen atoms in total. The summed E-state index contributed by atoms with van der Waals surface area (Å²) >= 11 is 1.34. The van der Waals surface area contributed by atoms with Crippen molar-refractivity contribution in [1.29, 1.82) is 5.26 Å². The van der Waals surface area contributed by atoms with Crippen LogP contribution < -0.4 is 10.1 Å². The van der Waals surface area contributed by atoms with Gasteiger partial charge in [-0.05, 0) is 35.6 Å². The van der Waals surface area contributed by atoms with Gasteiger partial charge in [-0.3, -0.25) is 9.78 Å². The molecular formula is C26H26N4O4S. The summed E-state index contributed by atoms with van der Waals surface area (Å²) in [6.45, 7) is 2.91. The molecule has 1 N–H and O–H groups in total. The van der Waals surface area contributed by atoms with Gasteiger partial charge in [-0.25, -0.2) is 4.79 Å². The lowest BCUT2D eigenvalue weighted by atomic mass is 9.96. The molecule has 0 radical (unpaired) electrons. The van der Waals surface area contributed by atoms with Crippen molar-refractivity contribution in [3.63, 3.8) is 0 Å². The topological polar surface area (TPSA) is 105 Å². The summed E-state index contributed by atoms with van der Waals surface area (Å²) in [6, 6.07) is 13.5. The third-order valence-corrected chi connectivity index (χ3v) is 7.06. The van der Waals surface area contributed by atoms with Crippen molar-refractivity contribution in [3.05, 3.63) is 75.9 Å². The number of anilines is 1. The van der Waals surface area contributed by atoms with Crippen molar-refractivity contribution in [3.8, 4) is 11.8 Å². The summed E-state index contributed by atoms with van der Waals surface area (Å²) in [5.41, 5.74) is 3.14. The highest BCUT2D eigenvalue weighted by Gasteiger charge is 2.28. The molecule has 0 fully saturated rings. The molecule has 0 bridgehead atoms. The zero-order valence-electron chi connectivity index (χ0n) is 19.6. The third kappa shape index (κ3) is 5.61. The van der Waals surface area contributed by atoms with Gasteiger partial charge in [-0.1, -0.05) is 31.2 Å². The van der Waals surface area contributed by atoms with E-state index in [2.05, 4.69) is 16.4 Å². The Morgan fingerprint density at radius 3 is 2.86 bits per heavy atom. The molecule has 180 valence electrons. The maximum Gasteiger partial charge on any atom is 0.410 e. The number of amides is 2. The van der Waals surface area contributed by atoms with Crippen LogP contribution in [0.3, 0.4) is 0 Å². The number of pyridine rings is 1. The number of benzene rings is 1. The van der Waals surface area contributed by atoms with E-state index < -0.39 is 6.09 Å². The number of carbonyl (C=O) groups is 2. The molecule has 2 amide bonds. The molecule has 0 aliphatic carbocycles. The molecule has 3 heterocycles. The number of methoxy groups -OCH3 is 1. The van der Waals surface area contributed by atoms with E-state index in [0.717, 1.165) is 27.3 Å². The minimum atomic E-state index is -0.414. The predicted octanol–water partition coefficient (Wildman–Crippen LogP) is 4.85. The number of nitrogens with one attached hydrogen (secondary N) is 1. The summed E-state index contributed by atoms with van der Waals surface area (Å²) in [4.78, 5) is 31.9. The average Bonchev–Trinajstić information content (AvgIpc) is 3.23. The van der Waals surface area contributed by atoms with Crippen LogP contribution in [0.15, 0.2) is 48.8 Å². The minimum Gasteiger partial charge on any atom is -0.496 e. The molecule has 2 aromatic heterocycles. The largest absolute Gasteiger partial charge is 0.496 e. The van der Waals surface area contributed by atoms with Gasteiger partial charge in [-0.2, -0.15) is 5.26 Å². The van der Waals surface area contributed by atoms with Crippen LogP contribution in [0, 0.1) is 11.3 Å². The Morgan fingerprint density at radius 2 is 2.11 bits per heavy atom. The van der Waals surface area contributed by atoms with Crippen molar-refractivity contribution in [2.45, 2.75) is 38.8 Å². The Morgan fingerprint density at radius 1 is 1.29 bits per heavy atom. The number of rotatable bonds is 7. The SMILES string of the molecule is COc1ccccc1C(C)CC(=O)Nc1sc2c(c1C#N)CCN(C(=O)OCc1cccnc1)C2. The summed E-state index contributed by atoms with van der Waals surface area (Å²) in [6.07, 6.45) is 3.69. The first-order valence-electron chi connectivity index (χ1n) is 11.3. The lowest BCUT2D eigenvalue weighted by Crippen LogP contribution is -2.35. The first kappa shape index (κ1) is 24.2. The molecule has 0 saturated carbocycles. The van der Waals surface area contributed by atoms with E-state index in [1.54, 1.807) is 30.5 Å². The molecule has 0 saturated heterocycles. The summed E-state index contributed by atoms with van der Waals surface area (Å²) in [5.74, 6) is 0.509. The van der Waals surface area contributed by atoms with Gasteiger partial charge in [0.2, 0.25) is 5.91 Å². The second kappa shape index (κ2) is 11.0. The zero-order chi connectivity index (χ0) is 24.8. The third-order valence-electron chi connectivity index (χ3n) is 5.93. The highest BCUT2D eigenvalue weighted by Crippen LogP contribution is 2.37. The van der Waals surface area contributed by atoms with Gasteiger partial charge in [-0.15, -0.1) is 11.3 Å². The Balaban J connectivity index is 1.40. The van der Waals surface area contributed by atoms with E-state index in [1.165, 1.54) is 11.3 Å².